The van der Waals surface area contributed by atoms with Gasteiger partial charge in [0.15, 0.2) is 5.58 Å². The van der Waals surface area contributed by atoms with E-state index in [1.807, 2.05) is 24.4 Å². The maximum Gasteiger partial charge on any atom is 0.231 e. The fourth-order valence-electron chi connectivity index (χ4n) is 5.21. The van der Waals surface area contributed by atoms with E-state index >= 15 is 0 Å². The summed E-state index contributed by atoms with van der Waals surface area (Å²) in [7, 11) is 0. The number of hydrogen-bond acceptors (Lipinski definition) is 4. The molecule has 2 aromatic heterocycles. The number of phenolic OH excluding ortho intramolecular Hbond substituents is 1. The number of para-hydroxylation sites is 1. The molecular formula is C38H36N2O2. The average Bonchev–Trinajstić information content (AvgIpc) is 3.40. The first kappa shape index (κ1) is 27.5. The molecule has 1 N–H and O–H groups in total. The van der Waals surface area contributed by atoms with E-state index in [1.54, 1.807) is 12.1 Å². The zero-order valence-electron chi connectivity index (χ0n) is 25.1. The van der Waals surface area contributed by atoms with Gasteiger partial charge in [0.2, 0.25) is 5.89 Å². The molecule has 4 nitrogen and oxygen atoms in total. The summed E-state index contributed by atoms with van der Waals surface area (Å²) < 4.78 is 6.33. The maximum atomic E-state index is 10.5. The molecule has 0 saturated carbocycles. The lowest BCUT2D eigenvalue weighted by Gasteiger charge is -2.23. The van der Waals surface area contributed by atoms with Gasteiger partial charge in [-0.05, 0) is 87.2 Å². The minimum atomic E-state index is -0.110. The van der Waals surface area contributed by atoms with E-state index in [4.69, 9.17) is 14.4 Å². The van der Waals surface area contributed by atoms with Gasteiger partial charge in [-0.15, -0.1) is 0 Å². The second-order valence-corrected chi connectivity index (χ2v) is 13.0. The molecular weight excluding hydrogens is 516 g/mol. The Morgan fingerprint density at radius 2 is 1.26 bits per heavy atom. The molecule has 6 aromatic rings. The standard InChI is InChI=1S/C38H36N2O2/c1-37(2,3)28-19-26(18-27(20-28)32-21-25(16-17-39-32)24-12-8-7-9-13-24)31-22-29(38(4,5)6)23-34-35(31)40-36(42-34)30-14-10-11-15-33(30)41/h7-23,41H,1-6H3. The van der Waals surface area contributed by atoms with Crippen LogP contribution in [0.2, 0.25) is 0 Å². The van der Waals surface area contributed by atoms with Crippen molar-refractivity contribution in [3.05, 3.63) is 114 Å². The number of rotatable bonds is 4. The Labute approximate surface area is 247 Å². The Hall–Kier alpha value is -4.70. The van der Waals surface area contributed by atoms with Crippen molar-refractivity contribution in [2.45, 2.75) is 52.4 Å². The summed E-state index contributed by atoms with van der Waals surface area (Å²) in [5, 5.41) is 10.5. The van der Waals surface area contributed by atoms with Crippen molar-refractivity contribution in [3.8, 4) is 50.7 Å². The number of aromatic nitrogens is 2. The second-order valence-electron chi connectivity index (χ2n) is 13.0. The van der Waals surface area contributed by atoms with Crippen molar-refractivity contribution in [1.82, 2.24) is 9.97 Å². The lowest BCUT2D eigenvalue weighted by Crippen LogP contribution is -2.12. The van der Waals surface area contributed by atoms with Gasteiger partial charge in [-0.3, -0.25) is 4.98 Å². The number of benzene rings is 4. The van der Waals surface area contributed by atoms with Gasteiger partial charge >= 0.3 is 0 Å². The highest BCUT2D eigenvalue weighted by atomic mass is 16.3. The largest absolute Gasteiger partial charge is 0.507 e. The molecule has 0 bridgehead atoms. The third kappa shape index (κ3) is 5.33. The zero-order valence-corrected chi connectivity index (χ0v) is 25.1. The molecule has 6 rings (SSSR count). The van der Waals surface area contributed by atoms with Gasteiger partial charge in [-0.1, -0.05) is 90.1 Å². The maximum absolute atomic E-state index is 10.5. The van der Waals surface area contributed by atoms with Crippen molar-refractivity contribution >= 4 is 11.1 Å². The molecule has 0 aliphatic rings. The predicted molar refractivity (Wildman–Crippen MR) is 173 cm³/mol. The fraction of sp³-hybridized carbons (Fsp3) is 0.211. The third-order valence-corrected chi connectivity index (χ3v) is 7.77. The predicted octanol–water partition coefficient (Wildman–Crippen LogP) is 10.2. The Morgan fingerprint density at radius 3 is 1.98 bits per heavy atom. The molecule has 0 radical (unpaired) electrons. The van der Waals surface area contributed by atoms with Crippen LogP contribution in [0.3, 0.4) is 0 Å². The van der Waals surface area contributed by atoms with E-state index in [-0.39, 0.29) is 16.6 Å². The van der Waals surface area contributed by atoms with E-state index < -0.39 is 0 Å². The van der Waals surface area contributed by atoms with Crippen LogP contribution in [0, 0.1) is 0 Å². The van der Waals surface area contributed by atoms with Crippen LogP contribution >= 0.6 is 0 Å². The first-order valence-corrected chi connectivity index (χ1v) is 14.4. The lowest BCUT2D eigenvalue weighted by molar-refractivity contribution is 0.474. The van der Waals surface area contributed by atoms with Gasteiger partial charge < -0.3 is 9.52 Å². The van der Waals surface area contributed by atoms with E-state index in [0.29, 0.717) is 17.0 Å². The van der Waals surface area contributed by atoms with E-state index in [0.717, 1.165) is 44.6 Å². The molecule has 0 spiro atoms. The van der Waals surface area contributed by atoms with Gasteiger partial charge in [-0.25, -0.2) is 4.98 Å². The van der Waals surface area contributed by atoms with Crippen molar-refractivity contribution in [3.63, 3.8) is 0 Å². The van der Waals surface area contributed by atoms with Crippen LogP contribution in [0.1, 0.15) is 52.7 Å². The Bertz CT molecular complexity index is 1900. The van der Waals surface area contributed by atoms with E-state index in [2.05, 4.69) is 108 Å². The van der Waals surface area contributed by atoms with Crippen LogP contribution in [0.4, 0.5) is 0 Å². The smallest absolute Gasteiger partial charge is 0.231 e. The summed E-state index contributed by atoms with van der Waals surface area (Å²) in [5.74, 6) is 0.544. The van der Waals surface area contributed by atoms with Crippen molar-refractivity contribution < 1.29 is 9.52 Å². The van der Waals surface area contributed by atoms with Crippen LogP contribution in [0.15, 0.2) is 108 Å². The Balaban J connectivity index is 1.59. The summed E-state index contributed by atoms with van der Waals surface area (Å²) in [5.41, 5.74) is 10.5. The van der Waals surface area contributed by atoms with Crippen LogP contribution < -0.4 is 0 Å². The molecule has 4 aromatic carbocycles. The highest BCUT2D eigenvalue weighted by Gasteiger charge is 2.23. The Kier molecular flexibility index (Phi) is 6.73. The number of aromatic hydroxyl groups is 1. The van der Waals surface area contributed by atoms with E-state index in [1.165, 1.54) is 5.56 Å². The van der Waals surface area contributed by atoms with Crippen LogP contribution in [0.25, 0.3) is 56.1 Å². The van der Waals surface area contributed by atoms with Crippen LogP contribution in [-0.4, -0.2) is 15.1 Å². The molecule has 2 heterocycles. The summed E-state index contributed by atoms with van der Waals surface area (Å²) in [6.45, 7) is 13.3. The highest BCUT2D eigenvalue weighted by Crippen LogP contribution is 2.41. The zero-order chi connectivity index (χ0) is 29.6. The topological polar surface area (TPSA) is 59.2 Å². The molecule has 42 heavy (non-hydrogen) atoms. The fourth-order valence-corrected chi connectivity index (χ4v) is 5.21. The quantitative estimate of drug-likeness (QED) is 0.236. The normalized spacial score (nSPS) is 12.1. The average molecular weight is 553 g/mol. The number of hydrogen-bond donors (Lipinski definition) is 1. The molecule has 0 aliphatic carbocycles. The summed E-state index contributed by atoms with van der Waals surface area (Å²) >= 11 is 0. The summed E-state index contributed by atoms with van der Waals surface area (Å²) in [6.07, 6.45) is 1.88. The van der Waals surface area contributed by atoms with Gasteiger partial charge in [0, 0.05) is 17.3 Å². The minimum Gasteiger partial charge on any atom is -0.507 e. The summed E-state index contributed by atoms with van der Waals surface area (Å²) in [6, 6.07) is 32.8. The van der Waals surface area contributed by atoms with Gasteiger partial charge in [0.05, 0.1) is 11.3 Å². The van der Waals surface area contributed by atoms with Crippen LogP contribution in [-0.2, 0) is 10.8 Å². The molecule has 0 aliphatic heterocycles. The Morgan fingerprint density at radius 1 is 0.595 bits per heavy atom. The molecule has 4 heteroatoms. The molecule has 0 amide bonds. The molecule has 0 atom stereocenters. The SMILES string of the molecule is CC(C)(C)c1cc(-c2cc(-c3ccccc3)ccn2)cc(-c2cc(C(C)(C)C)cc3oc(-c4ccccc4O)nc23)c1. The minimum absolute atomic E-state index is 0.0899. The number of fused-ring (bicyclic) bond motifs is 1. The second kappa shape index (κ2) is 10.3. The monoisotopic (exact) mass is 552 g/mol. The van der Waals surface area contributed by atoms with E-state index in [9.17, 15) is 5.11 Å². The number of nitrogens with zero attached hydrogens (tertiary/aromatic N) is 2. The first-order chi connectivity index (χ1) is 20.0. The number of oxazole rings is 1. The number of phenols is 1. The van der Waals surface area contributed by atoms with Crippen molar-refractivity contribution in [1.29, 1.82) is 0 Å². The molecule has 0 fully saturated rings. The summed E-state index contributed by atoms with van der Waals surface area (Å²) in [4.78, 5) is 9.75. The van der Waals surface area contributed by atoms with Gasteiger partial charge in [-0.2, -0.15) is 0 Å². The molecule has 0 saturated heterocycles. The number of pyridine rings is 1. The lowest BCUT2D eigenvalue weighted by atomic mass is 9.82. The first-order valence-electron chi connectivity index (χ1n) is 14.4. The van der Waals surface area contributed by atoms with Crippen molar-refractivity contribution in [2.75, 3.05) is 0 Å². The van der Waals surface area contributed by atoms with Gasteiger partial charge in [0.1, 0.15) is 11.3 Å². The highest BCUT2D eigenvalue weighted by molar-refractivity contribution is 5.94. The van der Waals surface area contributed by atoms with Crippen LogP contribution in [0.5, 0.6) is 5.75 Å². The van der Waals surface area contributed by atoms with Crippen molar-refractivity contribution in [2.24, 2.45) is 0 Å². The molecule has 210 valence electrons. The van der Waals surface area contributed by atoms with Gasteiger partial charge in [0.25, 0.3) is 0 Å². The molecule has 0 unspecified atom stereocenters. The third-order valence-electron chi connectivity index (χ3n) is 7.77.